The average molecular weight is 162 g/mol. The zero-order valence-electron chi connectivity index (χ0n) is 7.34. The van der Waals surface area contributed by atoms with Crippen molar-refractivity contribution in [1.82, 2.24) is 6.15 Å². The summed E-state index contributed by atoms with van der Waals surface area (Å²) in [5, 5.41) is 0. The van der Waals surface area contributed by atoms with Gasteiger partial charge in [0.15, 0.2) is 0 Å². The summed E-state index contributed by atoms with van der Waals surface area (Å²) in [6, 6.07) is 0. The monoisotopic (exact) mass is 162 g/mol. The molecule has 1 rings (SSSR count). The van der Waals surface area contributed by atoms with Crippen LogP contribution in [0, 0.1) is 11.8 Å². The molecule has 0 saturated heterocycles. The van der Waals surface area contributed by atoms with E-state index < -0.39 is 0 Å². The van der Waals surface area contributed by atoms with Gasteiger partial charge >= 0.3 is 0 Å². The lowest BCUT2D eigenvalue weighted by atomic mass is 10.3. The molecule has 0 heterocycles. The highest BCUT2D eigenvalue weighted by atomic mass is 16.1. The minimum absolute atomic E-state index is 0. The zero-order chi connectivity index (χ0) is 8.15. The molecular weight excluding hydrogens is 140 g/mol. The number of carbonyl (C=O) groups excluding carboxylic acids is 1. The SMILES string of the molecule is C=C[C@@H]1C[C@@H]1C(N)=O.CC.N.[HH].[HH]. The molecule has 0 unspecified atom stereocenters. The highest BCUT2D eigenvalue weighted by molar-refractivity contribution is 5.80. The minimum Gasteiger partial charge on any atom is -0.369 e. The normalized spacial score (nSPS) is 25.3. The summed E-state index contributed by atoms with van der Waals surface area (Å²) in [4.78, 5) is 10.3. The van der Waals surface area contributed by atoms with Gasteiger partial charge in [-0.15, -0.1) is 6.58 Å². The first-order chi connectivity index (χ1) is 4.75. The average Bonchev–Trinajstić information content (AvgIpc) is 2.70. The molecule has 1 aliphatic carbocycles. The summed E-state index contributed by atoms with van der Waals surface area (Å²) in [5.74, 6) is 0.301. The molecule has 5 N–H and O–H groups in total. The van der Waals surface area contributed by atoms with E-state index in [9.17, 15) is 4.79 Å². The maximum atomic E-state index is 10.3. The Morgan fingerprint density at radius 1 is 1.73 bits per heavy atom. The summed E-state index contributed by atoms with van der Waals surface area (Å²) < 4.78 is 0. The van der Waals surface area contributed by atoms with Crippen molar-refractivity contribution >= 4 is 5.91 Å². The molecule has 0 radical (unpaired) electrons. The van der Waals surface area contributed by atoms with Crippen LogP contribution in [0.2, 0.25) is 0 Å². The molecule has 1 amide bonds. The van der Waals surface area contributed by atoms with Gasteiger partial charge in [0.2, 0.25) is 5.91 Å². The van der Waals surface area contributed by atoms with Gasteiger partial charge in [-0.3, -0.25) is 4.79 Å². The minimum atomic E-state index is -0.185. The van der Waals surface area contributed by atoms with Gasteiger partial charge in [-0.25, -0.2) is 0 Å². The molecular formula is C8H22N2O. The summed E-state index contributed by atoms with van der Waals surface area (Å²) in [7, 11) is 0. The second-order valence-electron chi connectivity index (χ2n) is 2.14. The molecule has 0 spiro atoms. The van der Waals surface area contributed by atoms with Crippen LogP contribution in [0.15, 0.2) is 12.7 Å². The molecule has 2 atom stereocenters. The number of allylic oxidation sites excluding steroid dienone is 1. The van der Waals surface area contributed by atoms with Crippen molar-refractivity contribution in [2.24, 2.45) is 17.6 Å². The van der Waals surface area contributed by atoms with E-state index in [1.807, 2.05) is 13.8 Å². The van der Waals surface area contributed by atoms with Gasteiger partial charge in [-0.05, 0) is 12.3 Å². The molecule has 11 heavy (non-hydrogen) atoms. The van der Waals surface area contributed by atoms with Crippen LogP contribution in [-0.2, 0) is 4.79 Å². The van der Waals surface area contributed by atoms with E-state index in [4.69, 9.17) is 5.73 Å². The van der Waals surface area contributed by atoms with E-state index in [1.165, 1.54) is 0 Å². The Hall–Kier alpha value is -0.830. The van der Waals surface area contributed by atoms with Gasteiger partial charge in [0, 0.05) is 8.77 Å². The van der Waals surface area contributed by atoms with E-state index in [1.54, 1.807) is 6.08 Å². The van der Waals surface area contributed by atoms with Crippen molar-refractivity contribution in [2.75, 3.05) is 0 Å². The Kier molecular flexibility index (Phi) is 6.89. The summed E-state index contributed by atoms with van der Waals surface area (Å²) in [6.07, 6.45) is 2.70. The number of hydrogen-bond acceptors (Lipinski definition) is 2. The smallest absolute Gasteiger partial charge is 0.221 e. The first-order valence-corrected chi connectivity index (χ1v) is 3.67. The first-order valence-electron chi connectivity index (χ1n) is 3.67. The number of nitrogens with two attached hydrogens (primary N) is 1. The maximum Gasteiger partial charge on any atom is 0.221 e. The molecule has 3 heteroatoms. The maximum absolute atomic E-state index is 10.3. The highest BCUT2D eigenvalue weighted by Gasteiger charge is 2.38. The number of primary amides is 1. The van der Waals surface area contributed by atoms with Crippen LogP contribution in [0.3, 0.4) is 0 Å². The lowest BCUT2D eigenvalue weighted by molar-refractivity contribution is -0.119. The fourth-order valence-corrected chi connectivity index (χ4v) is 0.802. The van der Waals surface area contributed by atoms with Crippen molar-refractivity contribution < 1.29 is 7.65 Å². The van der Waals surface area contributed by atoms with Gasteiger partial charge in [0.25, 0.3) is 0 Å². The molecule has 0 aromatic carbocycles. The topological polar surface area (TPSA) is 78.1 Å². The van der Waals surface area contributed by atoms with Crippen molar-refractivity contribution in [2.45, 2.75) is 20.3 Å². The second-order valence-corrected chi connectivity index (χ2v) is 2.14. The molecule has 1 saturated carbocycles. The van der Waals surface area contributed by atoms with Gasteiger partial charge in [0.1, 0.15) is 0 Å². The molecule has 0 aromatic rings. The lowest BCUT2D eigenvalue weighted by Crippen LogP contribution is -2.13. The van der Waals surface area contributed by atoms with Gasteiger partial charge in [0.05, 0.1) is 0 Å². The van der Waals surface area contributed by atoms with Crippen LogP contribution in [0.4, 0.5) is 0 Å². The summed E-state index contributed by atoms with van der Waals surface area (Å²) in [6.45, 7) is 7.55. The Balaban J connectivity index is -0.0000000761. The van der Waals surface area contributed by atoms with Crippen molar-refractivity contribution in [1.29, 1.82) is 0 Å². The summed E-state index contributed by atoms with van der Waals surface area (Å²) >= 11 is 0. The number of amides is 1. The van der Waals surface area contributed by atoms with Crippen LogP contribution >= 0.6 is 0 Å². The van der Waals surface area contributed by atoms with Gasteiger partial charge < -0.3 is 11.9 Å². The molecule has 0 aliphatic heterocycles. The van der Waals surface area contributed by atoms with Crippen LogP contribution in [0.1, 0.15) is 23.1 Å². The quantitative estimate of drug-likeness (QED) is 0.609. The Bertz CT molecular complexity index is 142. The third kappa shape index (κ3) is 3.78. The molecule has 0 aromatic heterocycles. The fraction of sp³-hybridized carbons (Fsp3) is 0.625. The predicted molar refractivity (Wildman–Crippen MR) is 51.6 cm³/mol. The predicted octanol–water partition coefficient (Wildman–Crippen LogP) is 1.97. The van der Waals surface area contributed by atoms with Crippen LogP contribution in [-0.4, -0.2) is 5.91 Å². The third-order valence-electron chi connectivity index (χ3n) is 1.51. The van der Waals surface area contributed by atoms with Crippen molar-refractivity contribution in [3.8, 4) is 0 Å². The summed E-state index contributed by atoms with van der Waals surface area (Å²) in [5.41, 5.74) is 4.98. The molecule has 0 bridgehead atoms. The zero-order valence-corrected chi connectivity index (χ0v) is 7.34. The number of carbonyl (C=O) groups is 1. The van der Waals surface area contributed by atoms with E-state index in [0.717, 1.165) is 6.42 Å². The standard InChI is InChI=1S/C6H9NO.C2H6.H3N.2H2/c1-2-4-3-5(4)6(7)8;1-2;;;/h2,4-5H,1,3H2,(H2,7,8);1-2H3;1H3;2*1H/t4-,5+;;;;/m1..../s1. The van der Waals surface area contributed by atoms with Gasteiger partial charge in [-0.2, -0.15) is 0 Å². The molecule has 3 nitrogen and oxygen atoms in total. The Labute approximate surface area is 71.2 Å². The Morgan fingerprint density at radius 3 is 2.27 bits per heavy atom. The fourth-order valence-electron chi connectivity index (χ4n) is 0.802. The van der Waals surface area contributed by atoms with E-state index in [0.29, 0.717) is 5.92 Å². The van der Waals surface area contributed by atoms with Crippen LogP contribution in [0.5, 0.6) is 0 Å². The first kappa shape index (κ1) is 12.8. The highest BCUT2D eigenvalue weighted by Crippen LogP contribution is 2.38. The van der Waals surface area contributed by atoms with Crippen molar-refractivity contribution in [3.63, 3.8) is 0 Å². The van der Waals surface area contributed by atoms with Crippen molar-refractivity contribution in [3.05, 3.63) is 12.7 Å². The second kappa shape index (κ2) is 5.92. The third-order valence-corrected chi connectivity index (χ3v) is 1.51. The number of hydrogen-bond donors (Lipinski definition) is 2. The number of rotatable bonds is 2. The molecule has 70 valence electrons. The van der Waals surface area contributed by atoms with Gasteiger partial charge in [-0.1, -0.05) is 19.9 Å². The van der Waals surface area contributed by atoms with Crippen LogP contribution in [0.25, 0.3) is 0 Å². The lowest BCUT2D eigenvalue weighted by Gasteiger charge is -1.82. The van der Waals surface area contributed by atoms with Crippen LogP contribution < -0.4 is 11.9 Å². The Morgan fingerprint density at radius 2 is 2.18 bits per heavy atom. The molecule has 1 fully saturated rings. The molecule has 1 aliphatic rings. The largest absolute Gasteiger partial charge is 0.369 e. The van der Waals surface area contributed by atoms with E-state index in [-0.39, 0.29) is 20.8 Å². The van der Waals surface area contributed by atoms with E-state index >= 15 is 0 Å². The van der Waals surface area contributed by atoms with E-state index in [2.05, 4.69) is 6.58 Å².